The lowest BCUT2D eigenvalue weighted by Crippen LogP contribution is -2.27. The van der Waals surface area contributed by atoms with Gasteiger partial charge in [0.05, 0.1) is 5.52 Å². The minimum Gasteiger partial charge on any atom is -0.340 e. The van der Waals surface area contributed by atoms with Crippen molar-refractivity contribution in [3.05, 3.63) is 76.2 Å². The summed E-state index contributed by atoms with van der Waals surface area (Å²) in [7, 11) is 2.21. The van der Waals surface area contributed by atoms with Gasteiger partial charge in [-0.3, -0.25) is 0 Å². The summed E-state index contributed by atoms with van der Waals surface area (Å²) in [6.45, 7) is 5.20. The lowest BCUT2D eigenvalue weighted by molar-refractivity contribution is 0.310. The van der Waals surface area contributed by atoms with Crippen LogP contribution in [-0.4, -0.2) is 23.1 Å². The van der Waals surface area contributed by atoms with Crippen molar-refractivity contribution in [2.75, 3.05) is 13.6 Å². The first-order valence-corrected chi connectivity index (χ1v) is 9.37. The highest BCUT2D eigenvalue weighted by Crippen LogP contribution is 2.37. The molecule has 3 aromatic rings. The minimum atomic E-state index is -0.175. The average molecular weight is 346 g/mol. The molecule has 0 bridgehead atoms. The van der Waals surface area contributed by atoms with Gasteiger partial charge in [-0.05, 0) is 60.9 Å². The second-order valence-electron chi connectivity index (χ2n) is 7.76. The van der Waals surface area contributed by atoms with E-state index >= 15 is 0 Å². The van der Waals surface area contributed by atoms with Crippen LogP contribution in [0.15, 0.2) is 42.5 Å². The van der Waals surface area contributed by atoms with Crippen molar-refractivity contribution in [3.8, 4) is 0 Å². The summed E-state index contributed by atoms with van der Waals surface area (Å²) in [5.74, 6) is -0.175. The molecular weight excluding hydrogens is 323 g/mol. The predicted octanol–water partition coefficient (Wildman–Crippen LogP) is 4.72. The van der Waals surface area contributed by atoms with Gasteiger partial charge in [0.2, 0.25) is 0 Å². The third-order valence-corrected chi connectivity index (χ3v) is 5.87. The lowest BCUT2D eigenvalue weighted by atomic mass is 9.98. The van der Waals surface area contributed by atoms with Crippen molar-refractivity contribution in [1.29, 1.82) is 0 Å². The van der Waals surface area contributed by atoms with Gasteiger partial charge >= 0.3 is 0 Å². The molecule has 0 aliphatic carbocycles. The summed E-state index contributed by atoms with van der Waals surface area (Å²) in [6, 6.07) is 11.6. The van der Waals surface area contributed by atoms with Crippen LogP contribution >= 0.6 is 0 Å². The first kappa shape index (κ1) is 15.8. The minimum absolute atomic E-state index is 0.175. The predicted molar refractivity (Wildman–Crippen MR) is 105 cm³/mol. The molecule has 26 heavy (non-hydrogen) atoms. The molecule has 0 saturated heterocycles. The molecule has 2 nitrogen and oxygen atoms in total. The Labute approximate surface area is 153 Å². The Hall–Kier alpha value is -2.39. The fourth-order valence-electron chi connectivity index (χ4n) is 4.64. The van der Waals surface area contributed by atoms with Gasteiger partial charge in [0, 0.05) is 37.1 Å². The Morgan fingerprint density at radius 3 is 2.65 bits per heavy atom. The van der Waals surface area contributed by atoms with E-state index < -0.39 is 0 Å². The van der Waals surface area contributed by atoms with Gasteiger partial charge in [-0.25, -0.2) is 4.39 Å². The number of aromatic nitrogens is 1. The zero-order valence-corrected chi connectivity index (χ0v) is 15.3. The summed E-state index contributed by atoms with van der Waals surface area (Å²) in [6.07, 6.45) is 4.36. The van der Waals surface area contributed by atoms with Gasteiger partial charge in [0.1, 0.15) is 5.82 Å². The maximum Gasteiger partial charge on any atom is 0.123 e. The van der Waals surface area contributed by atoms with Gasteiger partial charge in [-0.1, -0.05) is 29.8 Å². The van der Waals surface area contributed by atoms with E-state index in [1.807, 2.05) is 12.1 Å². The van der Waals surface area contributed by atoms with Crippen molar-refractivity contribution >= 4 is 16.5 Å². The van der Waals surface area contributed by atoms with E-state index in [9.17, 15) is 4.39 Å². The first-order chi connectivity index (χ1) is 12.6. The van der Waals surface area contributed by atoms with Crippen LogP contribution in [0.3, 0.4) is 0 Å². The summed E-state index contributed by atoms with van der Waals surface area (Å²) >= 11 is 0. The standard InChI is InChI=1S/C23H23FN2/c1-15-11-17-3-4-18(16-5-7-19(24)8-6-16)13-26-22-9-10-25(2)14-21(22)20(12-15)23(17)26/h4-8,11-12H,3,9-10,13-14H2,1-2H3. The van der Waals surface area contributed by atoms with E-state index in [0.717, 1.165) is 38.0 Å². The number of hydrogen-bond donors (Lipinski definition) is 0. The molecule has 0 unspecified atom stereocenters. The molecule has 5 rings (SSSR count). The average Bonchev–Trinajstić information content (AvgIpc) is 2.79. The molecule has 0 amide bonds. The van der Waals surface area contributed by atoms with Crippen molar-refractivity contribution in [2.45, 2.75) is 32.9 Å². The zero-order chi connectivity index (χ0) is 17.8. The van der Waals surface area contributed by atoms with Gasteiger partial charge in [-0.2, -0.15) is 0 Å². The van der Waals surface area contributed by atoms with E-state index in [0.29, 0.717) is 0 Å². The van der Waals surface area contributed by atoms with Gasteiger partial charge in [0.15, 0.2) is 0 Å². The normalized spacial score (nSPS) is 17.1. The Balaban J connectivity index is 1.71. The third-order valence-electron chi connectivity index (χ3n) is 5.87. The fourth-order valence-corrected chi connectivity index (χ4v) is 4.64. The Kier molecular flexibility index (Phi) is 3.54. The van der Waals surface area contributed by atoms with Crippen LogP contribution in [0, 0.1) is 12.7 Å². The molecule has 3 heterocycles. The molecule has 0 N–H and O–H groups in total. The summed E-state index contributed by atoms with van der Waals surface area (Å²) < 4.78 is 15.9. The molecule has 3 heteroatoms. The monoisotopic (exact) mass is 346 g/mol. The van der Waals surface area contributed by atoms with Crippen LogP contribution < -0.4 is 0 Å². The number of rotatable bonds is 1. The van der Waals surface area contributed by atoms with Crippen LogP contribution in [0.1, 0.15) is 27.9 Å². The lowest BCUT2D eigenvalue weighted by Gasteiger charge is -2.24. The Bertz CT molecular complexity index is 1040. The Morgan fingerprint density at radius 2 is 1.85 bits per heavy atom. The van der Waals surface area contributed by atoms with Crippen molar-refractivity contribution in [3.63, 3.8) is 0 Å². The molecule has 2 aliphatic rings. The number of halogens is 1. The number of hydrogen-bond acceptors (Lipinski definition) is 1. The quantitative estimate of drug-likeness (QED) is 0.619. The van der Waals surface area contributed by atoms with E-state index in [1.165, 1.54) is 38.9 Å². The number of allylic oxidation sites excluding steroid dienone is 2. The van der Waals surface area contributed by atoms with Crippen LogP contribution in [0.4, 0.5) is 4.39 Å². The highest BCUT2D eigenvalue weighted by molar-refractivity contribution is 5.91. The van der Waals surface area contributed by atoms with Gasteiger partial charge in [0.25, 0.3) is 0 Å². The van der Waals surface area contributed by atoms with Crippen LogP contribution in [-0.2, 0) is 25.9 Å². The van der Waals surface area contributed by atoms with Crippen LogP contribution in [0.2, 0.25) is 0 Å². The number of benzene rings is 2. The SMILES string of the molecule is Cc1cc2c3c(c1)c1c(n3CC(c3ccc(F)cc3)=CC2)CCN(C)C1. The van der Waals surface area contributed by atoms with Crippen LogP contribution in [0.25, 0.3) is 16.5 Å². The highest BCUT2D eigenvalue weighted by atomic mass is 19.1. The summed E-state index contributed by atoms with van der Waals surface area (Å²) in [5, 5.41) is 1.43. The number of aryl methyl sites for hydroxylation is 1. The maximum absolute atomic E-state index is 13.4. The second kappa shape index (κ2) is 5.82. The maximum atomic E-state index is 13.4. The molecule has 0 fully saturated rings. The van der Waals surface area contributed by atoms with E-state index in [1.54, 1.807) is 12.1 Å². The molecule has 2 aromatic carbocycles. The van der Waals surface area contributed by atoms with Gasteiger partial charge < -0.3 is 9.47 Å². The zero-order valence-electron chi connectivity index (χ0n) is 15.3. The Morgan fingerprint density at radius 1 is 1.04 bits per heavy atom. The van der Waals surface area contributed by atoms with Crippen molar-refractivity contribution in [2.24, 2.45) is 0 Å². The molecule has 0 radical (unpaired) electrons. The topological polar surface area (TPSA) is 8.17 Å². The molecule has 0 saturated carbocycles. The number of likely N-dealkylation sites (N-methyl/N-ethyl adjacent to an activating group) is 1. The second-order valence-corrected chi connectivity index (χ2v) is 7.76. The van der Waals surface area contributed by atoms with E-state index in [4.69, 9.17) is 0 Å². The molecule has 132 valence electrons. The molecule has 0 atom stereocenters. The third kappa shape index (κ3) is 2.42. The summed E-state index contributed by atoms with van der Waals surface area (Å²) in [4.78, 5) is 2.41. The first-order valence-electron chi connectivity index (χ1n) is 9.37. The van der Waals surface area contributed by atoms with E-state index in [-0.39, 0.29) is 5.82 Å². The highest BCUT2D eigenvalue weighted by Gasteiger charge is 2.25. The van der Waals surface area contributed by atoms with Crippen LogP contribution in [0.5, 0.6) is 0 Å². The van der Waals surface area contributed by atoms with Crippen molar-refractivity contribution in [1.82, 2.24) is 9.47 Å². The largest absolute Gasteiger partial charge is 0.340 e. The van der Waals surface area contributed by atoms with Gasteiger partial charge in [-0.15, -0.1) is 0 Å². The molecule has 2 aliphatic heterocycles. The molecule has 0 spiro atoms. The smallest absolute Gasteiger partial charge is 0.123 e. The fraction of sp³-hybridized carbons (Fsp3) is 0.304. The summed E-state index contributed by atoms with van der Waals surface area (Å²) in [5.41, 5.74) is 9.55. The number of fused-ring (bicyclic) bond motifs is 3. The van der Waals surface area contributed by atoms with E-state index in [2.05, 4.69) is 41.6 Å². The molecule has 1 aromatic heterocycles. The van der Waals surface area contributed by atoms with Crippen molar-refractivity contribution < 1.29 is 4.39 Å². The number of nitrogens with zero attached hydrogens (tertiary/aromatic N) is 2. The molecular formula is C23H23FN2.